The second kappa shape index (κ2) is 4.21. The van der Waals surface area contributed by atoms with Crippen LogP contribution in [0.15, 0.2) is 27.5 Å². The van der Waals surface area contributed by atoms with Crippen molar-refractivity contribution >= 4 is 21.8 Å². The summed E-state index contributed by atoms with van der Waals surface area (Å²) in [6.07, 6.45) is 0.852. The molecule has 0 amide bonds. The van der Waals surface area contributed by atoms with E-state index in [1.54, 1.807) is 6.92 Å². The molecule has 0 bridgehead atoms. The van der Waals surface area contributed by atoms with Crippen molar-refractivity contribution < 1.29 is 18.1 Å². The van der Waals surface area contributed by atoms with Gasteiger partial charge in [-0.05, 0) is 18.6 Å². The van der Waals surface area contributed by atoms with E-state index in [1.807, 2.05) is 0 Å². The summed E-state index contributed by atoms with van der Waals surface area (Å²) in [5.74, 6) is 0. The van der Waals surface area contributed by atoms with E-state index >= 15 is 0 Å². The van der Waals surface area contributed by atoms with Crippen molar-refractivity contribution in [2.45, 2.75) is 11.8 Å². The van der Waals surface area contributed by atoms with Gasteiger partial charge in [0.2, 0.25) is 0 Å². The molecular weight excluding hydrogens is 236 g/mol. The molecule has 0 aliphatic rings. The summed E-state index contributed by atoms with van der Waals surface area (Å²) in [7, 11) is -4.34. The monoisotopic (exact) mass is 242 g/mol. The SMILES string of the molecule is Cc1ccc(S(=O)(=O)N=C=O)c([N+](=O)[O-])c1. The lowest BCUT2D eigenvalue weighted by Crippen LogP contribution is -2.02. The van der Waals surface area contributed by atoms with E-state index in [-0.39, 0.29) is 0 Å². The fraction of sp³-hybridized carbons (Fsp3) is 0.125. The Morgan fingerprint density at radius 2 is 2.06 bits per heavy atom. The van der Waals surface area contributed by atoms with Gasteiger partial charge < -0.3 is 0 Å². The lowest BCUT2D eigenvalue weighted by atomic mass is 10.2. The molecule has 0 aromatic heterocycles. The average Bonchev–Trinajstić information content (AvgIpc) is 2.16. The molecule has 84 valence electrons. The third kappa shape index (κ3) is 2.30. The number of nitro benzene ring substituents is 1. The zero-order valence-corrected chi connectivity index (χ0v) is 8.89. The van der Waals surface area contributed by atoms with Crippen molar-refractivity contribution in [2.24, 2.45) is 4.40 Å². The zero-order valence-electron chi connectivity index (χ0n) is 8.08. The number of nitro groups is 1. The van der Waals surface area contributed by atoms with Crippen LogP contribution >= 0.6 is 0 Å². The number of hydrogen-bond acceptors (Lipinski definition) is 5. The van der Waals surface area contributed by atoms with Crippen LogP contribution in [0.4, 0.5) is 5.69 Å². The molecule has 0 unspecified atom stereocenters. The molecule has 0 saturated carbocycles. The Morgan fingerprint density at radius 3 is 2.56 bits per heavy atom. The molecule has 0 N–H and O–H groups in total. The quantitative estimate of drug-likeness (QED) is 0.339. The van der Waals surface area contributed by atoms with Gasteiger partial charge in [0, 0.05) is 6.07 Å². The maximum atomic E-state index is 11.3. The first-order valence-electron chi connectivity index (χ1n) is 3.97. The average molecular weight is 242 g/mol. The first-order chi connectivity index (χ1) is 7.38. The summed E-state index contributed by atoms with van der Waals surface area (Å²) < 4.78 is 25.2. The molecule has 8 heteroatoms. The lowest BCUT2D eigenvalue weighted by molar-refractivity contribution is -0.387. The van der Waals surface area contributed by atoms with Crippen LogP contribution < -0.4 is 0 Å². The molecule has 0 radical (unpaired) electrons. The van der Waals surface area contributed by atoms with E-state index in [9.17, 15) is 23.3 Å². The van der Waals surface area contributed by atoms with Crippen LogP contribution in [0.3, 0.4) is 0 Å². The molecule has 0 fully saturated rings. The first kappa shape index (κ1) is 12.0. The molecule has 0 atom stereocenters. The lowest BCUT2D eigenvalue weighted by Gasteiger charge is -2.00. The van der Waals surface area contributed by atoms with Gasteiger partial charge in [0.25, 0.3) is 21.8 Å². The van der Waals surface area contributed by atoms with Crippen molar-refractivity contribution in [3.05, 3.63) is 33.9 Å². The van der Waals surface area contributed by atoms with Gasteiger partial charge in [0.1, 0.15) is 0 Å². The minimum Gasteiger partial charge on any atom is -0.258 e. The van der Waals surface area contributed by atoms with Crippen LogP contribution in [-0.2, 0) is 14.8 Å². The topological polar surface area (TPSA) is 107 Å². The number of aryl methyl sites for hydroxylation is 1. The summed E-state index contributed by atoms with van der Waals surface area (Å²) >= 11 is 0. The summed E-state index contributed by atoms with van der Waals surface area (Å²) in [5, 5.41) is 10.6. The summed E-state index contributed by atoms with van der Waals surface area (Å²) in [6, 6.07) is 3.50. The Balaban J connectivity index is 3.58. The maximum absolute atomic E-state index is 11.3. The number of benzene rings is 1. The third-order valence-corrected chi connectivity index (χ3v) is 2.96. The smallest absolute Gasteiger partial charge is 0.258 e. The normalized spacial score (nSPS) is 10.6. The standard InChI is InChI=1S/C8H6N2O5S/c1-6-2-3-8(7(4-6)10(12)13)16(14,15)9-5-11/h2-4H,1H3. The van der Waals surface area contributed by atoms with Crippen molar-refractivity contribution in [3.63, 3.8) is 0 Å². The molecule has 0 saturated heterocycles. The highest BCUT2D eigenvalue weighted by molar-refractivity contribution is 7.90. The van der Waals surface area contributed by atoms with Gasteiger partial charge in [-0.1, -0.05) is 10.5 Å². The van der Waals surface area contributed by atoms with E-state index in [1.165, 1.54) is 6.07 Å². The van der Waals surface area contributed by atoms with Crippen LogP contribution in [0.2, 0.25) is 0 Å². The molecule has 0 spiro atoms. The highest BCUT2D eigenvalue weighted by Gasteiger charge is 2.25. The van der Waals surface area contributed by atoms with Crippen LogP contribution in [0.25, 0.3) is 0 Å². The minimum atomic E-state index is -4.34. The van der Waals surface area contributed by atoms with Crippen LogP contribution in [0.1, 0.15) is 5.56 Å². The molecule has 7 nitrogen and oxygen atoms in total. The second-order valence-corrected chi connectivity index (χ2v) is 4.46. The molecule has 0 aliphatic carbocycles. The number of sulfonamides is 1. The fourth-order valence-electron chi connectivity index (χ4n) is 1.09. The molecule has 0 aliphatic heterocycles. The minimum absolute atomic E-state index is 0.528. The predicted octanol–water partition coefficient (Wildman–Crippen LogP) is 0.928. The molecule has 1 aromatic carbocycles. The van der Waals surface area contributed by atoms with E-state index in [2.05, 4.69) is 4.40 Å². The number of isocyanates is 1. The molecule has 0 heterocycles. The van der Waals surface area contributed by atoms with E-state index in [0.29, 0.717) is 5.56 Å². The van der Waals surface area contributed by atoms with Gasteiger partial charge in [0.05, 0.1) is 4.92 Å². The largest absolute Gasteiger partial charge is 0.299 e. The van der Waals surface area contributed by atoms with E-state index in [0.717, 1.165) is 18.2 Å². The number of hydrogen-bond donors (Lipinski definition) is 0. The summed E-state index contributed by atoms with van der Waals surface area (Å²) in [5.41, 5.74) is -0.0836. The molecular formula is C8H6N2O5S. The molecule has 1 rings (SSSR count). The van der Waals surface area contributed by atoms with Gasteiger partial charge in [-0.25, -0.2) is 4.79 Å². The second-order valence-electron chi connectivity index (χ2n) is 2.89. The highest BCUT2D eigenvalue weighted by Crippen LogP contribution is 2.25. The zero-order chi connectivity index (χ0) is 12.3. The van der Waals surface area contributed by atoms with Crippen LogP contribution in [0, 0.1) is 17.0 Å². The van der Waals surface area contributed by atoms with Crippen molar-refractivity contribution in [3.8, 4) is 0 Å². The maximum Gasteiger partial charge on any atom is 0.299 e. The fourth-order valence-corrected chi connectivity index (χ4v) is 1.92. The van der Waals surface area contributed by atoms with E-state index < -0.39 is 25.5 Å². The van der Waals surface area contributed by atoms with Gasteiger partial charge in [0.15, 0.2) is 4.90 Å². The van der Waals surface area contributed by atoms with Gasteiger partial charge in [-0.3, -0.25) is 10.1 Å². The predicted molar refractivity (Wildman–Crippen MR) is 53.1 cm³/mol. The highest BCUT2D eigenvalue weighted by atomic mass is 32.2. The van der Waals surface area contributed by atoms with Gasteiger partial charge in [-0.15, -0.1) is 0 Å². The van der Waals surface area contributed by atoms with Crippen molar-refractivity contribution in [2.75, 3.05) is 0 Å². The summed E-state index contributed by atoms with van der Waals surface area (Å²) in [6.45, 7) is 1.58. The Morgan fingerprint density at radius 1 is 1.44 bits per heavy atom. The van der Waals surface area contributed by atoms with Crippen molar-refractivity contribution in [1.82, 2.24) is 0 Å². The number of nitrogens with zero attached hydrogens (tertiary/aromatic N) is 2. The third-order valence-electron chi connectivity index (χ3n) is 1.75. The van der Waals surface area contributed by atoms with Gasteiger partial charge in [-0.2, -0.15) is 8.42 Å². The Hall–Kier alpha value is -2.05. The van der Waals surface area contributed by atoms with Crippen molar-refractivity contribution in [1.29, 1.82) is 0 Å². The Labute approximate surface area is 90.6 Å². The van der Waals surface area contributed by atoms with Crippen LogP contribution in [-0.4, -0.2) is 19.4 Å². The van der Waals surface area contributed by atoms with Gasteiger partial charge >= 0.3 is 0 Å². The summed E-state index contributed by atoms with van der Waals surface area (Å²) in [4.78, 5) is 19.1. The Bertz CT molecular complexity index is 586. The Kier molecular flexibility index (Phi) is 3.17. The van der Waals surface area contributed by atoms with E-state index in [4.69, 9.17) is 0 Å². The molecule has 16 heavy (non-hydrogen) atoms. The number of rotatable bonds is 3. The van der Waals surface area contributed by atoms with Crippen LogP contribution in [0.5, 0.6) is 0 Å². The molecule has 1 aromatic rings. The number of carbonyl (C=O) groups excluding carboxylic acids is 1. The first-order valence-corrected chi connectivity index (χ1v) is 5.41.